The van der Waals surface area contributed by atoms with Gasteiger partial charge in [0.1, 0.15) is 0 Å². The van der Waals surface area contributed by atoms with E-state index in [9.17, 15) is 9.59 Å². The highest BCUT2D eigenvalue weighted by Gasteiger charge is 2.22. The van der Waals surface area contributed by atoms with Crippen molar-refractivity contribution in [1.82, 2.24) is 5.32 Å². The van der Waals surface area contributed by atoms with Crippen molar-refractivity contribution in [3.05, 3.63) is 89.2 Å². The van der Waals surface area contributed by atoms with Gasteiger partial charge in [-0.15, -0.1) is 0 Å². The summed E-state index contributed by atoms with van der Waals surface area (Å²) in [4.78, 5) is 25.6. The van der Waals surface area contributed by atoms with E-state index in [4.69, 9.17) is 24.4 Å². The highest BCUT2D eigenvalue weighted by atomic mass is 16.5. The number of carbonyl (C=O) groups excluding carboxylic acids is 2. The molecule has 8 nitrogen and oxygen atoms in total. The molecule has 1 aromatic heterocycles. The number of allylic oxidation sites excluding steroid dienone is 1. The number of benzene rings is 3. The van der Waals surface area contributed by atoms with E-state index in [1.807, 2.05) is 25.1 Å². The average molecular weight is 515 g/mol. The van der Waals surface area contributed by atoms with Gasteiger partial charge < -0.3 is 29.7 Å². The lowest BCUT2D eigenvalue weighted by atomic mass is 10.0. The number of carbonyl (C=O) groups is 2. The normalized spacial score (nSPS) is 11.3. The van der Waals surface area contributed by atoms with Gasteiger partial charge in [0.25, 0.3) is 0 Å². The minimum absolute atomic E-state index is 0.0679. The Morgan fingerprint density at radius 3 is 2.26 bits per heavy atom. The molecule has 0 atom stereocenters. The molecule has 3 aromatic carbocycles. The third-order valence-electron chi connectivity index (χ3n) is 6.25. The highest BCUT2D eigenvalue weighted by molar-refractivity contribution is 6.15. The van der Waals surface area contributed by atoms with E-state index >= 15 is 0 Å². The zero-order chi connectivity index (χ0) is 27.2. The molecule has 4 rings (SSSR count). The van der Waals surface area contributed by atoms with Crippen LogP contribution in [0.2, 0.25) is 0 Å². The number of methoxy groups -OCH3 is 3. The lowest BCUT2D eigenvalue weighted by Crippen LogP contribution is -2.23. The second kappa shape index (κ2) is 11.6. The largest absolute Gasteiger partial charge is 0.493 e. The van der Waals surface area contributed by atoms with E-state index in [1.54, 1.807) is 56.7 Å². The van der Waals surface area contributed by atoms with Crippen LogP contribution in [-0.2, 0) is 11.2 Å². The molecule has 3 N–H and O–H groups in total. The Morgan fingerprint density at radius 2 is 1.58 bits per heavy atom. The summed E-state index contributed by atoms with van der Waals surface area (Å²) in [5.41, 5.74) is 9.93. The van der Waals surface area contributed by atoms with Crippen molar-refractivity contribution in [1.29, 1.82) is 0 Å². The number of rotatable bonds is 10. The third kappa shape index (κ3) is 5.49. The minimum atomic E-state index is -0.332. The summed E-state index contributed by atoms with van der Waals surface area (Å²) in [6.07, 6.45) is 2.18. The van der Waals surface area contributed by atoms with E-state index < -0.39 is 0 Å². The number of fused-ring (bicyclic) bond motifs is 1. The monoisotopic (exact) mass is 514 g/mol. The van der Waals surface area contributed by atoms with Crippen LogP contribution in [0.5, 0.6) is 17.2 Å². The topological polar surface area (TPSA) is 113 Å². The summed E-state index contributed by atoms with van der Waals surface area (Å²) >= 11 is 0. The number of hydrogen-bond acceptors (Lipinski definition) is 7. The van der Waals surface area contributed by atoms with Crippen molar-refractivity contribution in [2.45, 2.75) is 13.3 Å². The van der Waals surface area contributed by atoms with Gasteiger partial charge in [0, 0.05) is 23.6 Å². The van der Waals surface area contributed by atoms with Crippen molar-refractivity contribution in [3.8, 4) is 17.2 Å². The van der Waals surface area contributed by atoms with Crippen LogP contribution in [0.4, 0.5) is 5.69 Å². The second-order valence-corrected chi connectivity index (χ2v) is 8.65. The lowest BCUT2D eigenvalue weighted by Gasteiger charge is -2.10. The Kier molecular flexibility index (Phi) is 8.01. The van der Waals surface area contributed by atoms with E-state index in [-0.39, 0.29) is 23.1 Å². The molecule has 0 unspecified atom stereocenters. The first kappa shape index (κ1) is 26.3. The number of amides is 1. The van der Waals surface area contributed by atoms with Gasteiger partial charge in [-0.05, 0) is 54.3 Å². The average Bonchev–Trinajstić information content (AvgIpc) is 3.28. The maximum absolute atomic E-state index is 13.1. The zero-order valence-corrected chi connectivity index (χ0v) is 21.8. The molecule has 196 valence electrons. The lowest BCUT2D eigenvalue weighted by molar-refractivity contribution is -0.116. The maximum atomic E-state index is 13.1. The molecule has 0 aliphatic carbocycles. The molecular formula is C30H30N2O6. The summed E-state index contributed by atoms with van der Waals surface area (Å²) in [6, 6.07) is 17.9. The molecule has 0 saturated heterocycles. The van der Waals surface area contributed by atoms with Crippen LogP contribution in [-0.4, -0.2) is 39.6 Å². The standard InChI is InChI=1S/C30H30N2O6/c1-18(16-26(33)32-15-14-19-8-13-23(35-2)25(17-19)37-4)20-9-11-21(12-10-20)28(34)30-27(31)22-6-5-7-24(36-3)29(22)38-30/h5-13,16-17H,14-15,31H2,1-4H3,(H,32,33)/b18-16+. The number of para-hydroxylation sites is 1. The summed E-state index contributed by atoms with van der Waals surface area (Å²) in [5, 5.41) is 3.52. The number of furan rings is 1. The number of nitrogens with one attached hydrogen (secondary N) is 1. The van der Waals surface area contributed by atoms with E-state index in [0.29, 0.717) is 46.7 Å². The predicted octanol–water partition coefficient (Wildman–Crippen LogP) is 5.03. The van der Waals surface area contributed by atoms with Crippen LogP contribution in [0, 0.1) is 0 Å². The van der Waals surface area contributed by atoms with Crippen molar-refractivity contribution in [3.63, 3.8) is 0 Å². The highest BCUT2D eigenvalue weighted by Crippen LogP contribution is 2.35. The molecule has 4 aromatic rings. The molecule has 0 aliphatic rings. The number of nitrogen functional groups attached to an aromatic ring is 1. The van der Waals surface area contributed by atoms with Crippen LogP contribution in [0.15, 0.2) is 71.2 Å². The summed E-state index contributed by atoms with van der Waals surface area (Å²) in [7, 11) is 4.71. The Bertz CT molecular complexity index is 1500. The quantitative estimate of drug-likeness (QED) is 0.225. The van der Waals surface area contributed by atoms with Crippen molar-refractivity contribution in [2.75, 3.05) is 33.6 Å². The van der Waals surface area contributed by atoms with Crippen molar-refractivity contribution in [2.24, 2.45) is 0 Å². The van der Waals surface area contributed by atoms with Crippen LogP contribution < -0.4 is 25.3 Å². The minimum Gasteiger partial charge on any atom is -0.493 e. The molecule has 0 fully saturated rings. The van der Waals surface area contributed by atoms with Gasteiger partial charge in [0.2, 0.25) is 11.7 Å². The number of ketones is 1. The van der Waals surface area contributed by atoms with Gasteiger partial charge >= 0.3 is 0 Å². The maximum Gasteiger partial charge on any atom is 0.244 e. The van der Waals surface area contributed by atoms with E-state index in [2.05, 4.69) is 5.32 Å². The van der Waals surface area contributed by atoms with E-state index in [1.165, 1.54) is 13.2 Å². The third-order valence-corrected chi connectivity index (χ3v) is 6.25. The van der Waals surface area contributed by atoms with Gasteiger partial charge in [-0.1, -0.05) is 36.4 Å². The van der Waals surface area contributed by atoms with Crippen molar-refractivity contribution < 1.29 is 28.2 Å². The van der Waals surface area contributed by atoms with Gasteiger partial charge in [-0.2, -0.15) is 0 Å². The molecule has 0 saturated carbocycles. The molecular weight excluding hydrogens is 484 g/mol. The first-order valence-electron chi connectivity index (χ1n) is 12.0. The summed E-state index contributed by atoms with van der Waals surface area (Å²) in [5.74, 6) is 1.35. The van der Waals surface area contributed by atoms with Crippen molar-refractivity contribution >= 4 is 33.9 Å². The van der Waals surface area contributed by atoms with Gasteiger partial charge in [0.15, 0.2) is 28.6 Å². The fourth-order valence-corrected chi connectivity index (χ4v) is 4.15. The first-order valence-corrected chi connectivity index (χ1v) is 12.0. The summed E-state index contributed by atoms with van der Waals surface area (Å²) in [6.45, 7) is 2.31. The van der Waals surface area contributed by atoms with Gasteiger partial charge in [-0.25, -0.2) is 0 Å². The smallest absolute Gasteiger partial charge is 0.244 e. The van der Waals surface area contributed by atoms with E-state index in [0.717, 1.165) is 16.7 Å². The zero-order valence-electron chi connectivity index (χ0n) is 21.8. The molecule has 1 heterocycles. The van der Waals surface area contributed by atoms with Gasteiger partial charge in [-0.3, -0.25) is 9.59 Å². The summed E-state index contributed by atoms with van der Waals surface area (Å²) < 4.78 is 21.7. The number of nitrogens with two attached hydrogens (primary N) is 1. The predicted molar refractivity (Wildman–Crippen MR) is 147 cm³/mol. The number of hydrogen-bond donors (Lipinski definition) is 2. The molecule has 0 aliphatic heterocycles. The van der Waals surface area contributed by atoms with Crippen LogP contribution in [0.1, 0.15) is 34.2 Å². The Morgan fingerprint density at radius 1 is 0.895 bits per heavy atom. The van der Waals surface area contributed by atoms with Gasteiger partial charge in [0.05, 0.1) is 27.0 Å². The molecule has 1 amide bonds. The Balaban J connectivity index is 1.40. The molecule has 38 heavy (non-hydrogen) atoms. The Labute approximate surface area is 221 Å². The van der Waals surface area contributed by atoms with Crippen LogP contribution in [0.3, 0.4) is 0 Å². The molecule has 8 heteroatoms. The fourth-order valence-electron chi connectivity index (χ4n) is 4.15. The SMILES string of the molecule is COc1ccc(CCNC(=O)/C=C(\C)c2ccc(C(=O)c3oc4c(OC)cccc4c3N)cc2)cc1OC. The fraction of sp³-hybridized carbons (Fsp3) is 0.200. The molecule has 0 radical (unpaired) electrons. The number of ether oxygens (including phenoxy) is 3. The van der Waals surface area contributed by atoms with Crippen LogP contribution in [0.25, 0.3) is 16.5 Å². The molecule has 0 bridgehead atoms. The Hall–Kier alpha value is -4.72. The number of anilines is 1. The van der Waals surface area contributed by atoms with Crippen LogP contribution >= 0.6 is 0 Å². The first-order chi connectivity index (χ1) is 18.4. The molecule has 0 spiro atoms. The second-order valence-electron chi connectivity index (χ2n) is 8.65.